The summed E-state index contributed by atoms with van der Waals surface area (Å²) in [5.74, 6) is 3.09. The molecule has 5 aliphatic rings. The number of likely N-dealkylation sites (tertiary alicyclic amines) is 1. The van der Waals surface area contributed by atoms with Crippen molar-refractivity contribution < 1.29 is 9.59 Å². The molecule has 4 aliphatic carbocycles. The molecular weight excluding hydrogens is 312 g/mol. The lowest BCUT2D eigenvalue weighted by Crippen LogP contribution is -2.56. The Morgan fingerprint density at radius 2 is 1.56 bits per heavy atom. The van der Waals surface area contributed by atoms with Crippen LogP contribution in [0.2, 0.25) is 0 Å². The summed E-state index contributed by atoms with van der Waals surface area (Å²) in [4.78, 5) is 27.3. The molecule has 0 unspecified atom stereocenters. The molecule has 0 radical (unpaired) electrons. The number of carbonyl (C=O) groups excluding carboxylic acids is 2. The molecule has 1 saturated heterocycles. The van der Waals surface area contributed by atoms with Gasteiger partial charge in [-0.15, -0.1) is 0 Å². The molecule has 1 N–H and O–H groups in total. The van der Waals surface area contributed by atoms with Gasteiger partial charge in [0.25, 0.3) is 0 Å². The molecule has 0 aromatic rings. The van der Waals surface area contributed by atoms with Gasteiger partial charge in [0.2, 0.25) is 11.8 Å². The highest BCUT2D eigenvalue weighted by Crippen LogP contribution is 2.60. The molecule has 1 heterocycles. The third kappa shape index (κ3) is 3.46. The molecule has 0 aromatic carbocycles. The van der Waals surface area contributed by atoms with E-state index in [-0.39, 0.29) is 11.5 Å². The first-order valence-corrected chi connectivity index (χ1v) is 10.7. The number of nitrogens with zero attached hydrogens (tertiary/aromatic N) is 1. The maximum absolute atomic E-state index is 13.1. The standard InChI is InChI=1S/C21H34N2O2/c1-2-3-4-19(24)23-7-5-18(6-8-23)22-20(25)21-12-15-9-16(13-21)11-17(10-15)14-21/h15-18H,2-14H2,1H3,(H,22,25). The van der Waals surface area contributed by atoms with Crippen LogP contribution in [0.4, 0.5) is 0 Å². The molecule has 25 heavy (non-hydrogen) atoms. The quantitative estimate of drug-likeness (QED) is 0.828. The molecule has 0 aromatic heterocycles. The van der Waals surface area contributed by atoms with Crippen molar-refractivity contribution in [3.63, 3.8) is 0 Å². The van der Waals surface area contributed by atoms with Crippen LogP contribution in [0.5, 0.6) is 0 Å². The fraction of sp³-hybridized carbons (Fsp3) is 0.905. The molecule has 4 heteroatoms. The minimum atomic E-state index is -0.0389. The lowest BCUT2D eigenvalue weighted by Gasteiger charge is -2.56. The van der Waals surface area contributed by atoms with Crippen LogP contribution in [0.25, 0.3) is 0 Å². The highest BCUT2D eigenvalue weighted by Gasteiger charge is 2.54. The number of carbonyl (C=O) groups is 2. The van der Waals surface area contributed by atoms with E-state index in [0.717, 1.165) is 75.8 Å². The number of hydrogen-bond donors (Lipinski definition) is 1. The fourth-order valence-corrected chi connectivity index (χ4v) is 6.49. The molecule has 0 atom stereocenters. The number of unbranched alkanes of at least 4 members (excludes halogenated alkanes) is 1. The highest BCUT2D eigenvalue weighted by atomic mass is 16.2. The highest BCUT2D eigenvalue weighted by molar-refractivity contribution is 5.83. The Balaban J connectivity index is 1.29. The average Bonchev–Trinajstić information content (AvgIpc) is 2.59. The number of hydrogen-bond acceptors (Lipinski definition) is 2. The Morgan fingerprint density at radius 1 is 1.00 bits per heavy atom. The predicted molar refractivity (Wildman–Crippen MR) is 97.9 cm³/mol. The summed E-state index contributed by atoms with van der Waals surface area (Å²) in [5, 5.41) is 3.40. The van der Waals surface area contributed by atoms with Crippen LogP contribution in [-0.2, 0) is 9.59 Å². The molecule has 5 rings (SSSR count). The van der Waals surface area contributed by atoms with E-state index in [1.165, 1.54) is 19.3 Å². The summed E-state index contributed by atoms with van der Waals surface area (Å²) < 4.78 is 0. The van der Waals surface area contributed by atoms with Crippen molar-refractivity contribution in [2.24, 2.45) is 23.2 Å². The van der Waals surface area contributed by atoms with Crippen LogP contribution in [0, 0.1) is 23.2 Å². The number of nitrogens with one attached hydrogen (secondary N) is 1. The van der Waals surface area contributed by atoms with E-state index in [1.54, 1.807) is 0 Å². The summed E-state index contributed by atoms with van der Waals surface area (Å²) in [6, 6.07) is 0.274. The van der Waals surface area contributed by atoms with Gasteiger partial charge in [0, 0.05) is 31.0 Å². The molecule has 4 bridgehead atoms. The monoisotopic (exact) mass is 346 g/mol. The van der Waals surface area contributed by atoms with Gasteiger partial charge in [0.05, 0.1) is 0 Å². The van der Waals surface area contributed by atoms with Gasteiger partial charge in [-0.25, -0.2) is 0 Å². The van der Waals surface area contributed by atoms with Gasteiger partial charge < -0.3 is 10.2 Å². The zero-order valence-electron chi connectivity index (χ0n) is 15.8. The van der Waals surface area contributed by atoms with Crippen LogP contribution in [0.1, 0.15) is 77.6 Å². The van der Waals surface area contributed by atoms with Gasteiger partial charge in [-0.1, -0.05) is 13.3 Å². The van der Waals surface area contributed by atoms with E-state index < -0.39 is 0 Å². The number of amides is 2. The minimum absolute atomic E-state index is 0.0389. The van der Waals surface area contributed by atoms with E-state index in [2.05, 4.69) is 12.2 Å². The largest absolute Gasteiger partial charge is 0.353 e. The molecule has 4 nitrogen and oxygen atoms in total. The molecule has 140 valence electrons. The predicted octanol–water partition coefficient (Wildman–Crippen LogP) is 3.50. The van der Waals surface area contributed by atoms with E-state index >= 15 is 0 Å². The third-order valence-electron chi connectivity index (χ3n) is 7.45. The summed E-state index contributed by atoms with van der Waals surface area (Å²) in [6.07, 6.45) is 12.1. The first-order valence-electron chi connectivity index (χ1n) is 10.7. The SMILES string of the molecule is CCCCC(=O)N1CCC(NC(=O)C23CC4CC(CC(C4)C2)C3)CC1. The molecule has 5 fully saturated rings. The Kier molecular flexibility index (Phi) is 4.81. The normalized spacial score (nSPS) is 37.3. The zero-order chi connectivity index (χ0) is 17.4. The Hall–Kier alpha value is -1.06. The second kappa shape index (κ2) is 6.92. The first kappa shape index (κ1) is 17.4. The van der Waals surface area contributed by atoms with Gasteiger partial charge >= 0.3 is 0 Å². The van der Waals surface area contributed by atoms with Gasteiger partial charge in [-0.3, -0.25) is 9.59 Å². The second-order valence-electron chi connectivity index (χ2n) is 9.43. The van der Waals surface area contributed by atoms with Crippen LogP contribution in [-0.4, -0.2) is 35.8 Å². The summed E-state index contributed by atoms with van der Waals surface area (Å²) in [7, 11) is 0. The van der Waals surface area contributed by atoms with E-state index in [1.807, 2.05) is 4.90 Å². The summed E-state index contributed by atoms with van der Waals surface area (Å²) in [5.41, 5.74) is -0.0389. The molecule has 4 saturated carbocycles. The van der Waals surface area contributed by atoms with Crippen molar-refractivity contribution in [3.8, 4) is 0 Å². The third-order valence-corrected chi connectivity index (χ3v) is 7.45. The first-order chi connectivity index (χ1) is 12.1. The van der Waals surface area contributed by atoms with Gasteiger partial charge in [0.15, 0.2) is 0 Å². The second-order valence-corrected chi connectivity index (χ2v) is 9.43. The van der Waals surface area contributed by atoms with Gasteiger partial charge in [0.1, 0.15) is 0 Å². The Morgan fingerprint density at radius 3 is 2.08 bits per heavy atom. The van der Waals surface area contributed by atoms with E-state index in [4.69, 9.17) is 0 Å². The zero-order valence-corrected chi connectivity index (χ0v) is 15.8. The lowest BCUT2D eigenvalue weighted by atomic mass is 9.49. The summed E-state index contributed by atoms with van der Waals surface area (Å²) in [6.45, 7) is 3.75. The summed E-state index contributed by atoms with van der Waals surface area (Å²) >= 11 is 0. The van der Waals surface area contributed by atoms with Gasteiger partial charge in [-0.05, 0) is 75.5 Å². The van der Waals surface area contributed by atoms with Crippen molar-refractivity contribution in [2.45, 2.75) is 83.6 Å². The van der Waals surface area contributed by atoms with Crippen molar-refractivity contribution in [1.29, 1.82) is 0 Å². The Bertz CT molecular complexity index is 487. The van der Waals surface area contributed by atoms with E-state index in [9.17, 15) is 9.59 Å². The lowest BCUT2D eigenvalue weighted by molar-refractivity contribution is -0.147. The van der Waals surface area contributed by atoms with Crippen LogP contribution in [0.3, 0.4) is 0 Å². The molecule has 0 spiro atoms. The molecule has 2 amide bonds. The van der Waals surface area contributed by atoms with Crippen molar-refractivity contribution in [3.05, 3.63) is 0 Å². The van der Waals surface area contributed by atoms with Crippen LogP contribution in [0.15, 0.2) is 0 Å². The Labute approximate surface area is 152 Å². The van der Waals surface area contributed by atoms with Crippen molar-refractivity contribution in [2.75, 3.05) is 13.1 Å². The maximum atomic E-state index is 13.1. The minimum Gasteiger partial charge on any atom is -0.353 e. The topological polar surface area (TPSA) is 49.4 Å². The van der Waals surface area contributed by atoms with Crippen LogP contribution >= 0.6 is 0 Å². The van der Waals surface area contributed by atoms with Gasteiger partial charge in [-0.2, -0.15) is 0 Å². The fourth-order valence-electron chi connectivity index (χ4n) is 6.49. The van der Waals surface area contributed by atoms with Crippen molar-refractivity contribution in [1.82, 2.24) is 10.2 Å². The van der Waals surface area contributed by atoms with Crippen molar-refractivity contribution >= 4 is 11.8 Å². The number of rotatable bonds is 5. The molecule has 1 aliphatic heterocycles. The maximum Gasteiger partial charge on any atom is 0.226 e. The van der Waals surface area contributed by atoms with E-state index in [0.29, 0.717) is 18.2 Å². The smallest absolute Gasteiger partial charge is 0.226 e. The van der Waals surface area contributed by atoms with Crippen LogP contribution < -0.4 is 5.32 Å². The average molecular weight is 347 g/mol. The number of piperidine rings is 1. The molecular formula is C21H34N2O2.